The van der Waals surface area contributed by atoms with Crippen LogP contribution in [0, 0.1) is 0 Å². The van der Waals surface area contributed by atoms with Crippen LogP contribution in [-0.2, 0) is 5.88 Å². The molecule has 0 aromatic heterocycles. The number of ether oxygens (including phenoxy) is 1. The van der Waals surface area contributed by atoms with Gasteiger partial charge in [0.1, 0.15) is 5.75 Å². The highest BCUT2D eigenvalue weighted by atomic mass is 35.5. The van der Waals surface area contributed by atoms with E-state index in [0.29, 0.717) is 17.0 Å². The highest BCUT2D eigenvalue weighted by Crippen LogP contribution is 2.28. The van der Waals surface area contributed by atoms with E-state index >= 15 is 0 Å². The molecule has 0 radical (unpaired) electrons. The Kier molecular flexibility index (Phi) is 4.42. The molecule has 0 unspecified atom stereocenters. The quantitative estimate of drug-likeness (QED) is 0.865. The first-order valence-corrected chi connectivity index (χ1v) is 6.38. The van der Waals surface area contributed by atoms with Crippen molar-refractivity contribution in [2.75, 3.05) is 12.4 Å². The van der Waals surface area contributed by atoms with E-state index < -0.39 is 0 Å². The Bertz CT molecular complexity index is 570. The predicted molar refractivity (Wildman–Crippen MR) is 76.9 cm³/mol. The van der Waals surface area contributed by atoms with E-state index in [-0.39, 0.29) is 11.8 Å². The van der Waals surface area contributed by atoms with E-state index in [9.17, 15) is 4.79 Å². The first-order chi connectivity index (χ1) is 9.26. The second-order valence-corrected chi connectivity index (χ2v) is 4.21. The summed E-state index contributed by atoms with van der Waals surface area (Å²) in [4.78, 5) is 12.1. The van der Waals surface area contributed by atoms with Gasteiger partial charge in [-0.25, -0.2) is 0 Å². The highest BCUT2D eigenvalue weighted by Gasteiger charge is 2.11. The van der Waals surface area contributed by atoms with E-state index in [4.69, 9.17) is 16.3 Å². The standard InChI is InChI=1S/C15H14ClNO2/c1-19-14-9-5-8-13(12(14)10-16)17-15(18)11-6-3-2-4-7-11/h2-9H,10H2,1H3,(H,17,18). The largest absolute Gasteiger partial charge is 0.496 e. The lowest BCUT2D eigenvalue weighted by molar-refractivity contribution is 0.102. The van der Waals surface area contributed by atoms with E-state index in [2.05, 4.69) is 5.32 Å². The van der Waals surface area contributed by atoms with Crippen LogP contribution < -0.4 is 10.1 Å². The number of carbonyl (C=O) groups excluding carboxylic acids is 1. The van der Waals surface area contributed by atoms with E-state index in [1.54, 1.807) is 25.3 Å². The molecule has 0 fully saturated rings. The fraction of sp³-hybridized carbons (Fsp3) is 0.133. The number of hydrogen-bond acceptors (Lipinski definition) is 2. The number of halogens is 1. The maximum Gasteiger partial charge on any atom is 0.255 e. The topological polar surface area (TPSA) is 38.3 Å². The zero-order valence-electron chi connectivity index (χ0n) is 10.5. The van der Waals surface area contributed by atoms with Crippen molar-refractivity contribution in [2.24, 2.45) is 0 Å². The molecule has 19 heavy (non-hydrogen) atoms. The molecular weight excluding hydrogens is 262 g/mol. The minimum absolute atomic E-state index is 0.166. The van der Waals surface area contributed by atoms with Gasteiger partial charge in [0.25, 0.3) is 5.91 Å². The van der Waals surface area contributed by atoms with Gasteiger partial charge < -0.3 is 10.1 Å². The van der Waals surface area contributed by atoms with Crippen molar-refractivity contribution < 1.29 is 9.53 Å². The lowest BCUT2D eigenvalue weighted by Crippen LogP contribution is -2.13. The fourth-order valence-electron chi connectivity index (χ4n) is 1.80. The Hall–Kier alpha value is -2.00. The number of rotatable bonds is 4. The molecule has 2 rings (SSSR count). The summed E-state index contributed by atoms with van der Waals surface area (Å²) in [5.74, 6) is 0.773. The minimum Gasteiger partial charge on any atom is -0.496 e. The summed E-state index contributed by atoms with van der Waals surface area (Å²) >= 11 is 5.91. The lowest BCUT2D eigenvalue weighted by atomic mass is 10.1. The number of benzene rings is 2. The molecule has 0 aliphatic rings. The van der Waals surface area contributed by atoms with Gasteiger partial charge in [-0.05, 0) is 24.3 Å². The number of hydrogen-bond donors (Lipinski definition) is 1. The van der Waals surface area contributed by atoms with Crippen molar-refractivity contribution in [3.8, 4) is 5.75 Å². The third-order valence-corrected chi connectivity index (χ3v) is 3.04. The smallest absolute Gasteiger partial charge is 0.255 e. The molecule has 0 saturated heterocycles. The Morgan fingerprint density at radius 1 is 1.16 bits per heavy atom. The number of nitrogens with one attached hydrogen (secondary N) is 1. The summed E-state index contributed by atoms with van der Waals surface area (Å²) in [7, 11) is 1.58. The van der Waals surface area contributed by atoms with Crippen molar-refractivity contribution in [2.45, 2.75) is 5.88 Å². The number of carbonyl (C=O) groups is 1. The molecule has 0 bridgehead atoms. The van der Waals surface area contributed by atoms with Crippen molar-refractivity contribution in [3.05, 3.63) is 59.7 Å². The third-order valence-electron chi connectivity index (χ3n) is 2.77. The van der Waals surface area contributed by atoms with Gasteiger partial charge in [-0.15, -0.1) is 11.6 Å². The summed E-state index contributed by atoms with van der Waals surface area (Å²) in [5, 5.41) is 2.85. The van der Waals surface area contributed by atoms with Gasteiger partial charge in [0.05, 0.1) is 13.0 Å². The Balaban J connectivity index is 2.26. The molecule has 2 aromatic rings. The van der Waals surface area contributed by atoms with Crippen LogP contribution in [0.3, 0.4) is 0 Å². The van der Waals surface area contributed by atoms with E-state index in [1.165, 1.54) is 0 Å². The summed E-state index contributed by atoms with van der Waals surface area (Å²) in [6.45, 7) is 0. The summed E-state index contributed by atoms with van der Waals surface area (Å²) in [5.41, 5.74) is 2.05. The molecule has 3 nitrogen and oxygen atoms in total. The van der Waals surface area contributed by atoms with Gasteiger partial charge in [0.15, 0.2) is 0 Å². The van der Waals surface area contributed by atoms with Crippen LogP contribution in [-0.4, -0.2) is 13.0 Å². The molecule has 0 atom stereocenters. The summed E-state index contributed by atoms with van der Waals surface area (Å²) in [6, 6.07) is 14.5. The Morgan fingerprint density at radius 3 is 2.53 bits per heavy atom. The van der Waals surface area contributed by atoms with Gasteiger partial charge in [-0.3, -0.25) is 4.79 Å². The van der Waals surface area contributed by atoms with Crippen molar-refractivity contribution in [1.29, 1.82) is 0 Å². The Labute approximate surface area is 117 Å². The number of amides is 1. The van der Waals surface area contributed by atoms with Crippen molar-refractivity contribution in [3.63, 3.8) is 0 Å². The summed E-state index contributed by atoms with van der Waals surface area (Å²) < 4.78 is 5.23. The minimum atomic E-state index is -0.166. The molecule has 0 aliphatic carbocycles. The van der Waals surface area contributed by atoms with Crippen molar-refractivity contribution in [1.82, 2.24) is 0 Å². The second-order valence-electron chi connectivity index (χ2n) is 3.94. The normalized spacial score (nSPS) is 10.0. The van der Waals surface area contributed by atoms with Gasteiger partial charge in [-0.1, -0.05) is 24.3 Å². The zero-order chi connectivity index (χ0) is 13.7. The Morgan fingerprint density at radius 2 is 1.89 bits per heavy atom. The number of anilines is 1. The van der Waals surface area contributed by atoms with Crippen LogP contribution >= 0.6 is 11.6 Å². The molecule has 1 amide bonds. The SMILES string of the molecule is COc1cccc(NC(=O)c2ccccc2)c1CCl. The second kappa shape index (κ2) is 6.25. The highest BCUT2D eigenvalue weighted by molar-refractivity contribution is 6.18. The van der Waals surface area contributed by atoms with E-state index in [1.807, 2.05) is 30.3 Å². The molecule has 4 heteroatoms. The molecule has 1 N–H and O–H groups in total. The zero-order valence-corrected chi connectivity index (χ0v) is 11.3. The molecule has 0 heterocycles. The van der Waals surface area contributed by atoms with Gasteiger partial charge in [0, 0.05) is 16.8 Å². The fourth-order valence-corrected chi connectivity index (χ4v) is 2.07. The molecule has 2 aromatic carbocycles. The first kappa shape index (κ1) is 13.4. The van der Waals surface area contributed by atoms with Crippen LogP contribution in [0.25, 0.3) is 0 Å². The maximum atomic E-state index is 12.1. The van der Waals surface area contributed by atoms with Gasteiger partial charge >= 0.3 is 0 Å². The monoisotopic (exact) mass is 275 g/mol. The van der Waals surface area contributed by atoms with Crippen molar-refractivity contribution >= 4 is 23.2 Å². The molecule has 0 aliphatic heterocycles. The molecule has 98 valence electrons. The molecular formula is C15H14ClNO2. The van der Waals surface area contributed by atoms with E-state index in [0.717, 1.165) is 5.56 Å². The van der Waals surface area contributed by atoms with Crippen LogP contribution in [0.5, 0.6) is 5.75 Å². The average Bonchev–Trinajstić information content (AvgIpc) is 2.47. The average molecular weight is 276 g/mol. The lowest BCUT2D eigenvalue weighted by Gasteiger charge is -2.12. The summed E-state index contributed by atoms with van der Waals surface area (Å²) in [6.07, 6.45) is 0. The molecule has 0 saturated carbocycles. The van der Waals surface area contributed by atoms with Crippen LogP contribution in [0.1, 0.15) is 15.9 Å². The number of methoxy groups -OCH3 is 1. The maximum absolute atomic E-state index is 12.1. The van der Waals surface area contributed by atoms with Crippen LogP contribution in [0.4, 0.5) is 5.69 Å². The van der Waals surface area contributed by atoms with Gasteiger partial charge in [0.2, 0.25) is 0 Å². The predicted octanol–water partition coefficient (Wildman–Crippen LogP) is 3.69. The van der Waals surface area contributed by atoms with Gasteiger partial charge in [-0.2, -0.15) is 0 Å². The number of alkyl halides is 1. The molecule has 0 spiro atoms. The third kappa shape index (κ3) is 3.06. The van der Waals surface area contributed by atoms with Crippen LogP contribution in [0.2, 0.25) is 0 Å². The first-order valence-electron chi connectivity index (χ1n) is 5.84. The van der Waals surface area contributed by atoms with Crippen LogP contribution in [0.15, 0.2) is 48.5 Å².